The number of carbonyl (C=O) groups excluding carboxylic acids is 1. The Balaban J connectivity index is 1.89. The predicted octanol–water partition coefficient (Wildman–Crippen LogP) is 3.75. The molecule has 0 saturated carbocycles. The van der Waals surface area contributed by atoms with Crippen LogP contribution in [-0.4, -0.2) is 37.4 Å². The second-order valence-corrected chi connectivity index (χ2v) is 6.17. The molecule has 0 radical (unpaired) electrons. The normalized spacial score (nSPS) is 13.0. The third kappa shape index (κ3) is 3.75. The number of hydrogen-bond donors (Lipinski definition) is 0. The Morgan fingerprint density at radius 1 is 1.25 bits per heavy atom. The van der Waals surface area contributed by atoms with Gasteiger partial charge < -0.3 is 9.47 Å². The summed E-state index contributed by atoms with van der Waals surface area (Å²) in [5.74, 6) is -0.709. The summed E-state index contributed by atoms with van der Waals surface area (Å²) in [7, 11) is 1.12. The number of ether oxygens (including phenoxy) is 2. The fourth-order valence-corrected chi connectivity index (χ4v) is 2.77. The lowest BCUT2D eigenvalue weighted by Crippen LogP contribution is -2.21. The standard InChI is InChI=1S/C16H15ClF3N5O3/c1-4-27-15(26)8(2)25-21-10-6-5-9(7-11(10)22-25)28-14-12(17)13(16(18,19)20)24(3)23-14/h5-8H,4H2,1-3H3. The summed E-state index contributed by atoms with van der Waals surface area (Å²) in [6.07, 6.45) is -4.67. The van der Waals surface area contributed by atoms with E-state index < -0.39 is 28.9 Å². The molecule has 1 aromatic carbocycles. The molecule has 3 rings (SSSR count). The Morgan fingerprint density at radius 2 is 1.93 bits per heavy atom. The number of nitrogens with zero attached hydrogens (tertiary/aromatic N) is 5. The average Bonchev–Trinajstić information content (AvgIpc) is 3.14. The van der Waals surface area contributed by atoms with Gasteiger partial charge in [-0.1, -0.05) is 11.6 Å². The Hall–Kier alpha value is -2.82. The highest BCUT2D eigenvalue weighted by molar-refractivity contribution is 6.32. The first kappa shape index (κ1) is 19.9. The molecule has 12 heteroatoms. The van der Waals surface area contributed by atoms with Crippen LogP contribution in [0, 0.1) is 0 Å². The van der Waals surface area contributed by atoms with E-state index in [-0.39, 0.29) is 18.2 Å². The van der Waals surface area contributed by atoms with Gasteiger partial charge in [-0.2, -0.15) is 28.2 Å². The minimum absolute atomic E-state index is 0.164. The van der Waals surface area contributed by atoms with Gasteiger partial charge in [-0.25, -0.2) is 4.79 Å². The lowest BCUT2D eigenvalue weighted by molar-refractivity contribution is -0.147. The van der Waals surface area contributed by atoms with Crippen LogP contribution in [0.5, 0.6) is 11.6 Å². The van der Waals surface area contributed by atoms with Gasteiger partial charge in [0.15, 0.2) is 11.7 Å². The van der Waals surface area contributed by atoms with Crippen molar-refractivity contribution in [2.75, 3.05) is 6.61 Å². The smallest absolute Gasteiger partial charge is 0.434 e. The highest BCUT2D eigenvalue weighted by Gasteiger charge is 2.39. The van der Waals surface area contributed by atoms with Crippen molar-refractivity contribution < 1.29 is 27.4 Å². The van der Waals surface area contributed by atoms with Crippen LogP contribution in [0.4, 0.5) is 13.2 Å². The fourth-order valence-electron chi connectivity index (χ4n) is 2.46. The van der Waals surface area contributed by atoms with Crippen molar-refractivity contribution in [2.24, 2.45) is 7.05 Å². The number of halogens is 4. The lowest BCUT2D eigenvalue weighted by atomic mass is 10.3. The molecule has 0 spiro atoms. The Morgan fingerprint density at radius 3 is 2.54 bits per heavy atom. The molecule has 8 nitrogen and oxygen atoms in total. The molecule has 1 atom stereocenters. The molecule has 0 aliphatic carbocycles. The van der Waals surface area contributed by atoms with E-state index in [0.29, 0.717) is 15.7 Å². The van der Waals surface area contributed by atoms with Gasteiger partial charge in [0.05, 0.1) is 6.61 Å². The van der Waals surface area contributed by atoms with Gasteiger partial charge in [0, 0.05) is 13.1 Å². The van der Waals surface area contributed by atoms with Crippen LogP contribution < -0.4 is 4.74 Å². The molecule has 3 aromatic rings. The van der Waals surface area contributed by atoms with Gasteiger partial charge in [-0.3, -0.25) is 4.68 Å². The second-order valence-electron chi connectivity index (χ2n) is 5.79. The van der Waals surface area contributed by atoms with E-state index in [1.165, 1.54) is 16.9 Å². The molecule has 0 aliphatic rings. The number of alkyl halides is 3. The zero-order valence-electron chi connectivity index (χ0n) is 15.0. The molecule has 0 fully saturated rings. The number of rotatable bonds is 5. The van der Waals surface area contributed by atoms with Crippen LogP contribution in [0.25, 0.3) is 11.0 Å². The van der Waals surface area contributed by atoms with Gasteiger partial charge in [0.1, 0.15) is 21.8 Å². The molecular formula is C16H15ClF3N5O3. The van der Waals surface area contributed by atoms with Gasteiger partial charge in [-0.05, 0) is 26.0 Å². The van der Waals surface area contributed by atoms with E-state index in [1.54, 1.807) is 19.9 Å². The highest BCUT2D eigenvalue weighted by Crippen LogP contribution is 2.40. The lowest BCUT2D eigenvalue weighted by Gasteiger charge is -2.08. The largest absolute Gasteiger partial charge is 0.464 e. The SMILES string of the molecule is CCOC(=O)C(C)n1nc2ccc(Oc3nn(C)c(C(F)(F)F)c3Cl)cc2n1. The number of aromatic nitrogens is 5. The third-order valence-corrected chi connectivity index (χ3v) is 4.13. The van der Waals surface area contributed by atoms with Crippen molar-refractivity contribution in [3.63, 3.8) is 0 Å². The molecule has 0 aliphatic heterocycles. The van der Waals surface area contributed by atoms with Crippen molar-refractivity contribution >= 4 is 28.6 Å². The Labute approximate surface area is 161 Å². The van der Waals surface area contributed by atoms with E-state index >= 15 is 0 Å². The quantitative estimate of drug-likeness (QED) is 0.588. The molecule has 0 bridgehead atoms. The summed E-state index contributed by atoms with van der Waals surface area (Å²) in [5.41, 5.74) is -0.275. The first-order valence-electron chi connectivity index (χ1n) is 8.12. The van der Waals surface area contributed by atoms with E-state index in [0.717, 1.165) is 7.05 Å². The minimum Gasteiger partial charge on any atom is -0.464 e. The maximum atomic E-state index is 13.0. The molecule has 2 heterocycles. The van der Waals surface area contributed by atoms with Crippen molar-refractivity contribution in [3.8, 4) is 11.6 Å². The number of benzene rings is 1. The summed E-state index contributed by atoms with van der Waals surface area (Å²) in [6, 6.07) is 3.74. The first-order chi connectivity index (χ1) is 13.1. The van der Waals surface area contributed by atoms with Crippen LogP contribution in [0.1, 0.15) is 25.6 Å². The van der Waals surface area contributed by atoms with Crippen LogP contribution in [-0.2, 0) is 22.8 Å². The van der Waals surface area contributed by atoms with Crippen LogP contribution >= 0.6 is 11.6 Å². The number of fused-ring (bicyclic) bond motifs is 1. The minimum atomic E-state index is -4.67. The summed E-state index contributed by atoms with van der Waals surface area (Å²) < 4.78 is 50.0. The van der Waals surface area contributed by atoms with Gasteiger partial charge in [-0.15, -0.1) is 5.10 Å². The molecule has 2 aromatic heterocycles. The van der Waals surface area contributed by atoms with Gasteiger partial charge >= 0.3 is 12.1 Å². The van der Waals surface area contributed by atoms with Gasteiger partial charge in [0.2, 0.25) is 0 Å². The van der Waals surface area contributed by atoms with Crippen molar-refractivity contribution in [1.29, 1.82) is 0 Å². The molecule has 0 N–H and O–H groups in total. The molecule has 1 unspecified atom stereocenters. The predicted molar refractivity (Wildman–Crippen MR) is 92.2 cm³/mol. The molecule has 150 valence electrons. The monoisotopic (exact) mass is 417 g/mol. The topological polar surface area (TPSA) is 84.1 Å². The van der Waals surface area contributed by atoms with Gasteiger partial charge in [0.25, 0.3) is 5.88 Å². The number of aryl methyl sites for hydroxylation is 1. The third-order valence-electron chi connectivity index (χ3n) is 3.78. The summed E-state index contributed by atoms with van der Waals surface area (Å²) in [6.45, 7) is 3.50. The zero-order chi connectivity index (χ0) is 20.6. The van der Waals surface area contributed by atoms with Crippen molar-refractivity contribution in [2.45, 2.75) is 26.1 Å². The van der Waals surface area contributed by atoms with E-state index in [2.05, 4.69) is 15.3 Å². The van der Waals surface area contributed by atoms with Crippen LogP contribution in [0.3, 0.4) is 0 Å². The van der Waals surface area contributed by atoms with Crippen LogP contribution in [0.2, 0.25) is 5.02 Å². The van der Waals surface area contributed by atoms with E-state index in [9.17, 15) is 18.0 Å². The Kier molecular flexibility index (Phi) is 5.20. The zero-order valence-corrected chi connectivity index (χ0v) is 15.7. The molecular weight excluding hydrogens is 403 g/mol. The summed E-state index contributed by atoms with van der Waals surface area (Å²) >= 11 is 5.78. The van der Waals surface area contributed by atoms with Crippen LogP contribution in [0.15, 0.2) is 18.2 Å². The summed E-state index contributed by atoms with van der Waals surface area (Å²) in [5, 5.41) is 11.4. The second kappa shape index (κ2) is 7.30. The van der Waals surface area contributed by atoms with Crippen molar-refractivity contribution in [3.05, 3.63) is 28.9 Å². The summed E-state index contributed by atoms with van der Waals surface area (Å²) in [4.78, 5) is 13.0. The molecule has 0 saturated heterocycles. The highest BCUT2D eigenvalue weighted by atomic mass is 35.5. The van der Waals surface area contributed by atoms with E-state index in [1.807, 2.05) is 0 Å². The molecule has 28 heavy (non-hydrogen) atoms. The number of esters is 1. The number of carbonyl (C=O) groups is 1. The maximum Gasteiger partial charge on any atom is 0.434 e. The maximum absolute atomic E-state index is 13.0. The Bertz CT molecular complexity index is 1030. The van der Waals surface area contributed by atoms with Crippen molar-refractivity contribution in [1.82, 2.24) is 24.8 Å². The number of hydrogen-bond acceptors (Lipinski definition) is 6. The average molecular weight is 418 g/mol. The fraction of sp³-hybridized carbons (Fsp3) is 0.375. The first-order valence-corrected chi connectivity index (χ1v) is 8.50. The van der Waals surface area contributed by atoms with E-state index in [4.69, 9.17) is 21.1 Å². The molecule has 0 amide bonds.